The minimum atomic E-state index is -10.0. The zero-order valence-electron chi connectivity index (χ0n) is 28.9. The first kappa shape index (κ1) is 61.1. The van der Waals surface area contributed by atoms with E-state index in [9.17, 15) is 139 Å². The van der Waals surface area contributed by atoms with Crippen molar-refractivity contribution < 1.29 is 139 Å². The molecule has 0 amide bonds. The smallest absolute Gasteiger partial charge is 0.226 e. The van der Waals surface area contributed by atoms with E-state index in [1.165, 1.54) is 0 Å². The van der Waals surface area contributed by atoms with E-state index in [4.69, 9.17) is 0 Å². The van der Waals surface area contributed by atoms with Crippen LogP contribution in [-0.4, -0.2) is 105 Å². The predicted molar refractivity (Wildman–Crippen MR) is 156 cm³/mol. The number of hydrogen-bond acceptors (Lipinski definition) is 6. The van der Waals surface area contributed by atoms with Crippen molar-refractivity contribution in [1.29, 1.82) is 0 Å². The van der Waals surface area contributed by atoms with Crippen LogP contribution in [0.5, 0.6) is 0 Å². The standard InChI is InChI=1S/C25H26F26O6S3.CH4/c1-2-3-4-5-6-7-8-9-10-11-12-58(52,53)13(59(54,55)24(48,49)20(38,39)16(30,31)14(26,27)18(34,35)22(42,43)44)60(56,57)25(50,51)21(40,41)17(32,33)15(28,29)19(36,37)23(45,46)47;/h13H,2-12H2,1H3;1H4. The van der Waals surface area contributed by atoms with Crippen molar-refractivity contribution in [3.63, 3.8) is 0 Å². The van der Waals surface area contributed by atoms with Crippen LogP contribution in [0.2, 0.25) is 0 Å². The van der Waals surface area contributed by atoms with E-state index in [1.54, 1.807) is 6.92 Å². The highest BCUT2D eigenvalue weighted by Gasteiger charge is 2.96. The Morgan fingerprint density at radius 1 is 0.328 bits per heavy atom. The average molecular weight is 1030 g/mol. The van der Waals surface area contributed by atoms with Gasteiger partial charge >= 0.3 is 70.2 Å². The maximum atomic E-state index is 14.9. The first-order valence-corrected chi connectivity index (χ1v) is 20.3. The molecule has 0 aliphatic heterocycles. The van der Waals surface area contributed by atoms with Crippen LogP contribution in [0.1, 0.15) is 78.6 Å². The Hall–Kier alpha value is -1.97. The Labute approximate surface area is 327 Å². The summed E-state index contributed by atoms with van der Waals surface area (Å²) in [5.41, 5.74) is 0. The summed E-state index contributed by atoms with van der Waals surface area (Å²) in [5, 5.41) is -18.5. The summed E-state index contributed by atoms with van der Waals surface area (Å²) in [5.74, 6) is -76.3. The van der Waals surface area contributed by atoms with Gasteiger partial charge in [0.05, 0.1) is 5.75 Å². The molecule has 0 saturated carbocycles. The van der Waals surface area contributed by atoms with E-state index >= 15 is 0 Å². The normalized spacial score (nSPS) is 15.9. The van der Waals surface area contributed by atoms with Gasteiger partial charge in [-0.1, -0.05) is 72.1 Å². The van der Waals surface area contributed by atoms with Crippen molar-refractivity contribution in [2.75, 3.05) is 5.75 Å². The van der Waals surface area contributed by atoms with Gasteiger partial charge in [-0.15, -0.1) is 0 Å². The fourth-order valence-corrected chi connectivity index (χ4v) is 13.3. The van der Waals surface area contributed by atoms with Crippen molar-refractivity contribution in [3.05, 3.63) is 0 Å². The van der Waals surface area contributed by atoms with Gasteiger partial charge in [0.2, 0.25) is 0 Å². The molecule has 0 saturated heterocycles. The minimum Gasteiger partial charge on any atom is -0.226 e. The van der Waals surface area contributed by atoms with Crippen LogP contribution in [0, 0.1) is 0 Å². The molecule has 0 aromatic rings. The summed E-state index contributed by atoms with van der Waals surface area (Å²) >= 11 is 0. The molecular formula is C26H30F26O6S3. The van der Waals surface area contributed by atoms with Gasteiger partial charge in [0.15, 0.2) is 9.84 Å². The lowest BCUT2D eigenvalue weighted by Crippen LogP contribution is -2.73. The highest BCUT2D eigenvalue weighted by Crippen LogP contribution is 2.64. The van der Waals surface area contributed by atoms with Gasteiger partial charge in [-0.3, -0.25) is 0 Å². The number of hydrogen-bond donors (Lipinski definition) is 0. The third kappa shape index (κ3) is 9.70. The molecule has 0 rings (SSSR count). The Balaban J connectivity index is 0. The Morgan fingerprint density at radius 3 is 0.770 bits per heavy atom. The number of rotatable bonds is 24. The predicted octanol–water partition coefficient (Wildman–Crippen LogP) is 11.5. The van der Waals surface area contributed by atoms with E-state index in [0.717, 1.165) is 12.8 Å². The first-order chi connectivity index (χ1) is 25.9. The first-order valence-electron chi connectivity index (χ1n) is 15.5. The minimum absolute atomic E-state index is 0. The van der Waals surface area contributed by atoms with E-state index < -0.39 is 129 Å². The molecule has 0 N–H and O–H groups in total. The van der Waals surface area contributed by atoms with Crippen LogP contribution < -0.4 is 0 Å². The Morgan fingerprint density at radius 2 is 0.541 bits per heavy atom. The van der Waals surface area contributed by atoms with E-state index in [1.807, 2.05) is 0 Å². The number of unbranched alkanes of at least 4 members (excludes halogenated alkanes) is 9. The molecule has 0 aliphatic rings. The van der Waals surface area contributed by atoms with Gasteiger partial charge < -0.3 is 0 Å². The summed E-state index contributed by atoms with van der Waals surface area (Å²) in [6.45, 7) is 1.79. The lowest BCUT2D eigenvalue weighted by atomic mass is 9.98. The van der Waals surface area contributed by atoms with Crippen LogP contribution >= 0.6 is 0 Å². The lowest BCUT2D eigenvalue weighted by molar-refractivity contribution is -0.433. The van der Waals surface area contributed by atoms with E-state index in [0.29, 0.717) is 19.3 Å². The summed E-state index contributed by atoms with van der Waals surface area (Å²) in [4.78, 5) is 0. The lowest BCUT2D eigenvalue weighted by Gasteiger charge is -2.41. The molecule has 0 aromatic carbocycles. The second kappa shape index (κ2) is 18.1. The SMILES string of the molecule is C.CCCCCCCCCCCCS(=O)(=O)C(S(=O)(=O)C(F)(F)C(F)(F)C(F)(F)C(F)(F)C(F)(F)C(F)(F)F)S(=O)(=O)C(F)(F)C(F)(F)C(F)(F)C(F)(F)C(F)(F)C(F)(F)F. The van der Waals surface area contributed by atoms with Gasteiger partial charge in [-0.05, 0) is 6.42 Å². The van der Waals surface area contributed by atoms with Crippen LogP contribution in [0.3, 0.4) is 0 Å². The molecular weight excluding hydrogens is 998 g/mol. The van der Waals surface area contributed by atoms with Crippen LogP contribution in [0.25, 0.3) is 0 Å². The van der Waals surface area contributed by atoms with E-state index in [-0.39, 0.29) is 20.3 Å². The summed E-state index contributed by atoms with van der Waals surface area (Å²) in [7, 11) is -27.9. The van der Waals surface area contributed by atoms with Crippen molar-refractivity contribution in [1.82, 2.24) is 0 Å². The number of alkyl halides is 26. The van der Waals surface area contributed by atoms with Crippen LogP contribution in [0.4, 0.5) is 114 Å². The van der Waals surface area contributed by atoms with Crippen LogP contribution in [-0.2, 0) is 29.5 Å². The highest BCUT2D eigenvalue weighted by atomic mass is 32.3. The number of halogens is 26. The molecule has 61 heavy (non-hydrogen) atoms. The number of sulfone groups is 3. The second-order valence-electron chi connectivity index (χ2n) is 12.6. The third-order valence-corrected chi connectivity index (χ3v) is 17.3. The molecule has 35 heteroatoms. The molecule has 0 aromatic heterocycles. The molecule has 0 aliphatic carbocycles. The Bertz CT molecular complexity index is 1700. The summed E-state index contributed by atoms with van der Waals surface area (Å²) in [6, 6.07) is 0. The molecule has 0 fully saturated rings. The maximum Gasteiger partial charge on any atom is 0.460 e. The molecule has 0 radical (unpaired) electrons. The van der Waals surface area contributed by atoms with E-state index in [2.05, 4.69) is 0 Å². The molecule has 0 heterocycles. The largest absolute Gasteiger partial charge is 0.460 e. The van der Waals surface area contributed by atoms with Crippen molar-refractivity contribution >= 4 is 29.5 Å². The highest BCUT2D eigenvalue weighted by molar-refractivity contribution is 8.24. The van der Waals surface area contributed by atoms with Gasteiger partial charge in [-0.25, -0.2) is 25.3 Å². The van der Waals surface area contributed by atoms with Crippen molar-refractivity contribution in [2.24, 2.45) is 0 Å². The van der Waals surface area contributed by atoms with Gasteiger partial charge in [0.1, 0.15) is 0 Å². The van der Waals surface area contributed by atoms with Crippen molar-refractivity contribution in [3.8, 4) is 0 Å². The monoisotopic (exact) mass is 1030 g/mol. The quantitative estimate of drug-likeness (QED) is 0.0705. The second-order valence-corrected chi connectivity index (χ2v) is 19.8. The van der Waals surface area contributed by atoms with Crippen LogP contribution in [0.15, 0.2) is 0 Å². The molecule has 0 bridgehead atoms. The Kier molecular flexibility index (Phi) is 18.2. The summed E-state index contributed by atoms with van der Waals surface area (Å²) < 4.78 is 425. The molecule has 0 atom stereocenters. The maximum absolute atomic E-state index is 14.9. The fourth-order valence-electron chi connectivity index (χ4n) is 4.55. The van der Waals surface area contributed by atoms with Gasteiger partial charge in [0, 0.05) is 0 Å². The zero-order chi connectivity index (χ0) is 48.9. The molecule has 0 unspecified atom stereocenters. The molecule has 0 spiro atoms. The van der Waals surface area contributed by atoms with Gasteiger partial charge in [-0.2, -0.15) is 114 Å². The molecule has 6 nitrogen and oxygen atoms in total. The molecule has 370 valence electrons. The average Bonchev–Trinajstić information content (AvgIpc) is 3.03. The van der Waals surface area contributed by atoms with Crippen molar-refractivity contribution in [2.45, 2.75) is 153 Å². The summed E-state index contributed by atoms with van der Waals surface area (Å²) in [6.07, 6.45) is -16.3. The van der Waals surface area contributed by atoms with Gasteiger partial charge in [0.25, 0.3) is 23.6 Å². The topological polar surface area (TPSA) is 102 Å². The third-order valence-electron chi connectivity index (χ3n) is 8.11. The zero-order valence-corrected chi connectivity index (χ0v) is 31.3. The fraction of sp³-hybridized carbons (Fsp3) is 1.00.